The van der Waals surface area contributed by atoms with E-state index < -0.39 is 17.6 Å². The van der Waals surface area contributed by atoms with Crippen molar-refractivity contribution in [2.24, 2.45) is 0 Å². The van der Waals surface area contributed by atoms with Gasteiger partial charge >= 0.3 is 6.18 Å². The SMILES string of the molecule is COCCOc1ccc(NC(=O)CNc2cccc(C(=O)Nc3cccc(C(F)(F)F)c3)c2)cc1. The smallest absolute Gasteiger partial charge is 0.416 e. The van der Waals surface area contributed by atoms with E-state index in [1.165, 1.54) is 24.3 Å². The van der Waals surface area contributed by atoms with Crippen molar-refractivity contribution in [1.82, 2.24) is 0 Å². The summed E-state index contributed by atoms with van der Waals surface area (Å²) in [5.74, 6) is -0.236. The van der Waals surface area contributed by atoms with Crippen LogP contribution in [0.1, 0.15) is 15.9 Å². The summed E-state index contributed by atoms with van der Waals surface area (Å²) in [6.45, 7) is 0.826. The van der Waals surface area contributed by atoms with Crippen molar-refractivity contribution in [2.45, 2.75) is 6.18 Å². The van der Waals surface area contributed by atoms with E-state index >= 15 is 0 Å². The van der Waals surface area contributed by atoms with Crippen LogP contribution < -0.4 is 20.7 Å². The second-order valence-electron chi connectivity index (χ2n) is 7.38. The molecule has 3 aromatic rings. The fourth-order valence-electron chi connectivity index (χ4n) is 3.01. The molecule has 2 amide bonds. The molecule has 0 aliphatic carbocycles. The van der Waals surface area contributed by atoms with E-state index in [-0.39, 0.29) is 23.7 Å². The average molecular weight is 487 g/mol. The molecule has 0 aliphatic rings. The second kappa shape index (κ2) is 11.9. The van der Waals surface area contributed by atoms with Crippen molar-refractivity contribution in [3.05, 3.63) is 83.9 Å². The number of hydrogen-bond donors (Lipinski definition) is 3. The Morgan fingerprint density at radius 2 is 1.54 bits per heavy atom. The molecule has 0 bridgehead atoms. The maximum Gasteiger partial charge on any atom is 0.416 e. The largest absolute Gasteiger partial charge is 0.491 e. The predicted molar refractivity (Wildman–Crippen MR) is 127 cm³/mol. The maximum atomic E-state index is 12.9. The van der Waals surface area contributed by atoms with Crippen LogP contribution in [0.2, 0.25) is 0 Å². The van der Waals surface area contributed by atoms with E-state index in [4.69, 9.17) is 9.47 Å². The number of carbonyl (C=O) groups is 2. The van der Waals surface area contributed by atoms with E-state index in [2.05, 4.69) is 16.0 Å². The summed E-state index contributed by atoms with van der Waals surface area (Å²) < 4.78 is 49.0. The van der Waals surface area contributed by atoms with Crippen LogP contribution in [0.3, 0.4) is 0 Å². The Morgan fingerprint density at radius 1 is 0.829 bits per heavy atom. The van der Waals surface area contributed by atoms with E-state index in [0.717, 1.165) is 12.1 Å². The molecule has 3 rings (SSSR count). The van der Waals surface area contributed by atoms with Gasteiger partial charge in [-0.2, -0.15) is 13.2 Å². The van der Waals surface area contributed by atoms with E-state index in [9.17, 15) is 22.8 Å². The van der Waals surface area contributed by atoms with Gasteiger partial charge in [0.1, 0.15) is 12.4 Å². The normalized spacial score (nSPS) is 11.0. The molecule has 10 heteroatoms. The summed E-state index contributed by atoms with van der Waals surface area (Å²) in [5.41, 5.74) is 0.475. The number of nitrogens with one attached hydrogen (secondary N) is 3. The zero-order valence-electron chi connectivity index (χ0n) is 18.8. The van der Waals surface area contributed by atoms with Crippen molar-refractivity contribution in [1.29, 1.82) is 0 Å². The third-order valence-corrected chi connectivity index (χ3v) is 4.72. The number of halogens is 3. The van der Waals surface area contributed by atoms with Crippen molar-refractivity contribution in [3.8, 4) is 5.75 Å². The zero-order chi connectivity index (χ0) is 25.3. The van der Waals surface area contributed by atoms with Gasteiger partial charge in [0.15, 0.2) is 0 Å². The van der Waals surface area contributed by atoms with Crippen molar-refractivity contribution in [2.75, 3.05) is 42.8 Å². The van der Waals surface area contributed by atoms with Crippen molar-refractivity contribution >= 4 is 28.9 Å². The predicted octanol–water partition coefficient (Wildman–Crippen LogP) is 5.03. The van der Waals surface area contributed by atoms with Crippen LogP contribution in [0.15, 0.2) is 72.8 Å². The molecule has 7 nitrogen and oxygen atoms in total. The minimum atomic E-state index is -4.51. The van der Waals surface area contributed by atoms with Gasteiger partial charge < -0.3 is 25.4 Å². The molecule has 0 unspecified atom stereocenters. The Kier molecular flexibility index (Phi) is 8.69. The number of amides is 2. The fourth-order valence-corrected chi connectivity index (χ4v) is 3.01. The lowest BCUT2D eigenvalue weighted by molar-refractivity contribution is -0.137. The Hall–Kier alpha value is -4.05. The lowest BCUT2D eigenvalue weighted by Crippen LogP contribution is -2.22. The molecule has 0 atom stereocenters. The third kappa shape index (κ3) is 8.04. The number of methoxy groups -OCH3 is 1. The van der Waals surface area contributed by atoms with Gasteiger partial charge in [0.25, 0.3) is 5.91 Å². The van der Waals surface area contributed by atoms with Crippen LogP contribution in [0.25, 0.3) is 0 Å². The molecular weight excluding hydrogens is 463 g/mol. The van der Waals surface area contributed by atoms with Gasteiger partial charge in [-0.3, -0.25) is 9.59 Å². The average Bonchev–Trinajstić information content (AvgIpc) is 2.84. The molecule has 0 fully saturated rings. The Balaban J connectivity index is 1.53. The molecule has 3 aromatic carbocycles. The first kappa shape index (κ1) is 25.6. The molecule has 0 radical (unpaired) electrons. The summed E-state index contributed by atoms with van der Waals surface area (Å²) in [6.07, 6.45) is -4.51. The number of ether oxygens (including phenoxy) is 2. The minimum Gasteiger partial charge on any atom is -0.491 e. The third-order valence-electron chi connectivity index (χ3n) is 4.72. The van der Waals surface area contributed by atoms with Crippen LogP contribution >= 0.6 is 0 Å². The molecule has 3 N–H and O–H groups in total. The van der Waals surface area contributed by atoms with Gasteiger partial charge in [-0.05, 0) is 60.7 Å². The quantitative estimate of drug-likeness (QED) is 0.349. The standard InChI is InChI=1S/C25H24F3N3O4/c1-34-12-13-35-22-10-8-19(9-11-22)30-23(32)16-29-20-6-2-4-17(14-20)24(33)31-21-7-3-5-18(15-21)25(26,27)28/h2-11,14-15,29H,12-13,16H2,1H3,(H,30,32)(H,31,33). The van der Waals surface area contributed by atoms with Gasteiger partial charge in [-0.1, -0.05) is 12.1 Å². The highest BCUT2D eigenvalue weighted by Crippen LogP contribution is 2.30. The van der Waals surface area contributed by atoms with E-state index in [1.54, 1.807) is 43.5 Å². The highest BCUT2D eigenvalue weighted by molar-refractivity contribution is 6.05. The fraction of sp³-hybridized carbons (Fsp3) is 0.200. The number of hydrogen-bond acceptors (Lipinski definition) is 5. The summed E-state index contributed by atoms with van der Waals surface area (Å²) in [7, 11) is 1.59. The number of carbonyl (C=O) groups excluding carboxylic acids is 2. The first-order chi connectivity index (χ1) is 16.7. The molecule has 35 heavy (non-hydrogen) atoms. The summed E-state index contributed by atoms with van der Waals surface area (Å²) in [4.78, 5) is 24.8. The Bertz CT molecular complexity index is 1150. The van der Waals surface area contributed by atoms with E-state index in [1.807, 2.05) is 0 Å². The number of benzene rings is 3. The summed E-state index contributed by atoms with van der Waals surface area (Å²) in [5, 5.41) is 8.11. The van der Waals surface area contributed by atoms with Crippen LogP contribution in [0, 0.1) is 0 Å². The van der Waals surface area contributed by atoms with Crippen molar-refractivity contribution < 1.29 is 32.2 Å². The molecule has 0 saturated carbocycles. The summed E-state index contributed by atoms with van der Waals surface area (Å²) in [6, 6.07) is 17.5. The van der Waals surface area contributed by atoms with E-state index in [0.29, 0.717) is 30.3 Å². The topological polar surface area (TPSA) is 88.7 Å². The lowest BCUT2D eigenvalue weighted by atomic mass is 10.1. The first-order valence-corrected chi connectivity index (χ1v) is 10.6. The lowest BCUT2D eigenvalue weighted by Gasteiger charge is -2.11. The molecule has 184 valence electrons. The van der Waals surface area contributed by atoms with Crippen LogP contribution in [0.5, 0.6) is 5.75 Å². The highest BCUT2D eigenvalue weighted by Gasteiger charge is 2.30. The zero-order valence-corrected chi connectivity index (χ0v) is 18.8. The van der Waals surface area contributed by atoms with Crippen LogP contribution in [0.4, 0.5) is 30.2 Å². The maximum absolute atomic E-state index is 12.9. The van der Waals surface area contributed by atoms with Gasteiger partial charge in [-0.15, -0.1) is 0 Å². The highest BCUT2D eigenvalue weighted by atomic mass is 19.4. The monoisotopic (exact) mass is 487 g/mol. The molecule has 0 heterocycles. The number of rotatable bonds is 10. The number of anilines is 3. The van der Waals surface area contributed by atoms with Crippen molar-refractivity contribution in [3.63, 3.8) is 0 Å². The van der Waals surface area contributed by atoms with Gasteiger partial charge in [0, 0.05) is 29.7 Å². The van der Waals surface area contributed by atoms with Gasteiger partial charge in [-0.25, -0.2) is 0 Å². The Morgan fingerprint density at radius 3 is 2.26 bits per heavy atom. The van der Waals surface area contributed by atoms with Gasteiger partial charge in [0.2, 0.25) is 5.91 Å². The number of alkyl halides is 3. The molecular formula is C25H24F3N3O4. The molecule has 0 aromatic heterocycles. The molecule has 0 saturated heterocycles. The molecule has 0 aliphatic heterocycles. The second-order valence-corrected chi connectivity index (χ2v) is 7.38. The minimum absolute atomic E-state index is 0.0256. The van der Waals surface area contributed by atoms with Gasteiger partial charge in [0.05, 0.1) is 18.7 Å². The Labute approximate surface area is 200 Å². The molecule has 0 spiro atoms. The van der Waals surface area contributed by atoms with Crippen LogP contribution in [-0.2, 0) is 15.7 Å². The van der Waals surface area contributed by atoms with Crippen LogP contribution in [-0.4, -0.2) is 38.7 Å². The first-order valence-electron chi connectivity index (χ1n) is 10.6. The summed E-state index contributed by atoms with van der Waals surface area (Å²) >= 11 is 0.